The van der Waals surface area contributed by atoms with Crippen LogP contribution in [-0.2, 0) is 6.54 Å². The van der Waals surface area contributed by atoms with E-state index in [1.165, 1.54) is 6.42 Å². The van der Waals surface area contributed by atoms with E-state index in [0.717, 1.165) is 24.3 Å². The van der Waals surface area contributed by atoms with Crippen molar-refractivity contribution in [3.8, 4) is 0 Å². The molecule has 1 heterocycles. The highest BCUT2D eigenvalue weighted by Crippen LogP contribution is 2.31. The molecule has 1 N–H and O–H groups in total. The molecule has 1 aliphatic heterocycles. The molecule has 2 unspecified atom stereocenters. The summed E-state index contributed by atoms with van der Waals surface area (Å²) in [5.74, 6) is 1.15. The highest BCUT2D eigenvalue weighted by Gasteiger charge is 2.25. The number of hydrogen-bond acceptors (Lipinski definition) is 2. The SMILES string of the molecule is CC1CC(C)CN(c2c(F)cccc2CNC(C)(C)C)C1. The predicted octanol–water partition coefficient (Wildman–Crippen LogP) is 4.20. The molecule has 118 valence electrons. The summed E-state index contributed by atoms with van der Waals surface area (Å²) in [5.41, 5.74) is 1.89. The second-order valence-electron chi connectivity index (χ2n) is 7.70. The van der Waals surface area contributed by atoms with Gasteiger partial charge in [-0.15, -0.1) is 0 Å². The highest BCUT2D eigenvalue weighted by atomic mass is 19.1. The lowest BCUT2D eigenvalue weighted by Crippen LogP contribution is -2.40. The minimum absolute atomic E-state index is 0.0338. The summed E-state index contributed by atoms with van der Waals surface area (Å²) in [6, 6.07) is 5.44. The molecule has 1 aromatic rings. The lowest BCUT2D eigenvalue weighted by Gasteiger charge is -2.38. The van der Waals surface area contributed by atoms with Gasteiger partial charge < -0.3 is 10.2 Å². The number of para-hydroxylation sites is 1. The molecule has 1 aliphatic rings. The third-order valence-electron chi connectivity index (χ3n) is 4.06. The Kier molecular flexibility index (Phi) is 4.92. The van der Waals surface area contributed by atoms with Gasteiger partial charge in [0.25, 0.3) is 0 Å². The Morgan fingerprint density at radius 2 is 1.81 bits per heavy atom. The van der Waals surface area contributed by atoms with Gasteiger partial charge >= 0.3 is 0 Å². The summed E-state index contributed by atoms with van der Waals surface area (Å²) in [6.45, 7) is 13.5. The van der Waals surface area contributed by atoms with E-state index in [1.54, 1.807) is 6.07 Å². The maximum atomic E-state index is 14.4. The maximum absolute atomic E-state index is 14.4. The zero-order valence-electron chi connectivity index (χ0n) is 14.0. The Morgan fingerprint density at radius 3 is 2.38 bits per heavy atom. The van der Waals surface area contributed by atoms with E-state index in [4.69, 9.17) is 0 Å². The van der Waals surface area contributed by atoms with Crippen molar-refractivity contribution in [1.82, 2.24) is 5.32 Å². The van der Waals surface area contributed by atoms with Gasteiger partial charge in [-0.05, 0) is 50.7 Å². The van der Waals surface area contributed by atoms with E-state index in [9.17, 15) is 4.39 Å². The fourth-order valence-electron chi connectivity index (χ4n) is 3.26. The molecule has 0 saturated carbocycles. The van der Waals surface area contributed by atoms with Crippen molar-refractivity contribution in [2.75, 3.05) is 18.0 Å². The first-order valence-corrected chi connectivity index (χ1v) is 8.03. The van der Waals surface area contributed by atoms with Crippen LogP contribution in [0.2, 0.25) is 0 Å². The molecule has 2 atom stereocenters. The van der Waals surface area contributed by atoms with Gasteiger partial charge in [-0.1, -0.05) is 26.0 Å². The van der Waals surface area contributed by atoms with Crippen LogP contribution in [0.25, 0.3) is 0 Å². The summed E-state index contributed by atoms with van der Waals surface area (Å²) in [7, 11) is 0. The predicted molar refractivity (Wildman–Crippen MR) is 88.2 cm³/mol. The van der Waals surface area contributed by atoms with Crippen molar-refractivity contribution in [3.05, 3.63) is 29.6 Å². The molecule has 3 heteroatoms. The molecule has 1 fully saturated rings. The summed E-state index contributed by atoms with van der Waals surface area (Å²) >= 11 is 0. The Labute approximate surface area is 128 Å². The van der Waals surface area contributed by atoms with Gasteiger partial charge in [0, 0.05) is 25.2 Å². The quantitative estimate of drug-likeness (QED) is 0.898. The monoisotopic (exact) mass is 292 g/mol. The van der Waals surface area contributed by atoms with Crippen molar-refractivity contribution < 1.29 is 4.39 Å². The van der Waals surface area contributed by atoms with Crippen LogP contribution in [0.5, 0.6) is 0 Å². The van der Waals surface area contributed by atoms with E-state index in [0.29, 0.717) is 18.4 Å². The molecule has 0 bridgehead atoms. The van der Waals surface area contributed by atoms with Crippen molar-refractivity contribution in [2.45, 2.75) is 53.1 Å². The summed E-state index contributed by atoms with van der Waals surface area (Å²) in [4.78, 5) is 2.24. The lowest BCUT2D eigenvalue weighted by atomic mass is 9.91. The second-order valence-corrected chi connectivity index (χ2v) is 7.70. The average molecular weight is 292 g/mol. The zero-order chi connectivity index (χ0) is 15.6. The number of halogens is 1. The molecule has 21 heavy (non-hydrogen) atoms. The first-order valence-electron chi connectivity index (χ1n) is 8.03. The first kappa shape index (κ1) is 16.3. The minimum Gasteiger partial charge on any atom is -0.368 e. The smallest absolute Gasteiger partial charge is 0.146 e. The third-order valence-corrected chi connectivity index (χ3v) is 4.06. The van der Waals surface area contributed by atoms with Crippen LogP contribution in [0.1, 0.15) is 46.6 Å². The Hall–Kier alpha value is -1.09. The molecular formula is C18H29FN2. The Morgan fingerprint density at radius 1 is 1.19 bits per heavy atom. The number of rotatable bonds is 3. The molecule has 1 saturated heterocycles. The van der Waals surface area contributed by atoms with Gasteiger partial charge in [0.1, 0.15) is 5.82 Å². The second kappa shape index (κ2) is 6.35. The molecule has 1 aromatic carbocycles. The number of anilines is 1. The first-order chi connectivity index (χ1) is 9.76. The molecule has 2 rings (SSSR count). The fourth-order valence-corrected chi connectivity index (χ4v) is 3.26. The van der Waals surface area contributed by atoms with E-state index in [2.05, 4.69) is 44.8 Å². The van der Waals surface area contributed by atoms with E-state index >= 15 is 0 Å². The van der Waals surface area contributed by atoms with Gasteiger partial charge in [-0.3, -0.25) is 0 Å². The number of benzene rings is 1. The van der Waals surface area contributed by atoms with Gasteiger partial charge in [-0.2, -0.15) is 0 Å². The van der Waals surface area contributed by atoms with Crippen LogP contribution >= 0.6 is 0 Å². The Balaban J connectivity index is 2.25. The van der Waals surface area contributed by atoms with Crippen LogP contribution in [0, 0.1) is 17.7 Å². The van der Waals surface area contributed by atoms with Crippen molar-refractivity contribution >= 4 is 5.69 Å². The Bertz CT molecular complexity index is 469. The largest absolute Gasteiger partial charge is 0.368 e. The summed E-state index contributed by atoms with van der Waals surface area (Å²) in [6.07, 6.45) is 1.24. The topological polar surface area (TPSA) is 15.3 Å². The molecule has 0 aliphatic carbocycles. The lowest BCUT2D eigenvalue weighted by molar-refractivity contribution is 0.353. The molecule has 2 nitrogen and oxygen atoms in total. The van der Waals surface area contributed by atoms with Gasteiger partial charge in [0.15, 0.2) is 0 Å². The van der Waals surface area contributed by atoms with E-state index in [-0.39, 0.29) is 11.4 Å². The number of nitrogens with zero attached hydrogens (tertiary/aromatic N) is 1. The van der Waals surface area contributed by atoms with Crippen LogP contribution < -0.4 is 10.2 Å². The normalized spacial score (nSPS) is 23.4. The van der Waals surface area contributed by atoms with Crippen molar-refractivity contribution in [2.24, 2.45) is 11.8 Å². The molecular weight excluding hydrogens is 263 g/mol. The average Bonchev–Trinajstić information content (AvgIpc) is 2.34. The van der Waals surface area contributed by atoms with Crippen LogP contribution in [-0.4, -0.2) is 18.6 Å². The fraction of sp³-hybridized carbons (Fsp3) is 0.667. The standard InChI is InChI=1S/C18H29FN2/c1-13-9-14(2)12-21(11-13)17-15(7-6-8-16(17)19)10-20-18(3,4)5/h6-8,13-14,20H,9-12H2,1-5H3. The summed E-state index contributed by atoms with van der Waals surface area (Å²) < 4.78 is 14.4. The minimum atomic E-state index is -0.0930. The van der Waals surface area contributed by atoms with E-state index in [1.807, 2.05) is 12.1 Å². The number of nitrogens with one attached hydrogen (secondary N) is 1. The molecule has 0 spiro atoms. The molecule has 0 amide bonds. The van der Waals surface area contributed by atoms with Crippen LogP contribution in [0.4, 0.5) is 10.1 Å². The van der Waals surface area contributed by atoms with E-state index < -0.39 is 0 Å². The van der Waals surface area contributed by atoms with Crippen molar-refractivity contribution in [1.29, 1.82) is 0 Å². The highest BCUT2D eigenvalue weighted by molar-refractivity contribution is 5.55. The maximum Gasteiger partial charge on any atom is 0.146 e. The molecule has 0 radical (unpaired) electrons. The third kappa shape index (κ3) is 4.44. The number of hydrogen-bond donors (Lipinski definition) is 1. The summed E-state index contributed by atoms with van der Waals surface area (Å²) in [5, 5.41) is 3.47. The van der Waals surface area contributed by atoms with Crippen LogP contribution in [0.3, 0.4) is 0 Å². The molecule has 0 aromatic heterocycles. The van der Waals surface area contributed by atoms with Crippen LogP contribution in [0.15, 0.2) is 18.2 Å². The van der Waals surface area contributed by atoms with Gasteiger partial charge in [0.2, 0.25) is 0 Å². The number of piperidine rings is 1. The van der Waals surface area contributed by atoms with Gasteiger partial charge in [0.05, 0.1) is 5.69 Å². The van der Waals surface area contributed by atoms with Gasteiger partial charge in [-0.25, -0.2) is 4.39 Å². The van der Waals surface area contributed by atoms with Crippen molar-refractivity contribution in [3.63, 3.8) is 0 Å². The zero-order valence-corrected chi connectivity index (χ0v) is 14.0.